The van der Waals surface area contributed by atoms with Crippen molar-refractivity contribution in [1.29, 1.82) is 0 Å². The molecule has 0 N–H and O–H groups in total. The summed E-state index contributed by atoms with van der Waals surface area (Å²) < 4.78 is 47.8. The molecule has 0 saturated heterocycles. The number of nitrogens with zero attached hydrogens (tertiary/aromatic N) is 1. The molecule has 7 heteroatoms. The Balaban J connectivity index is 2.04. The second-order valence-corrected chi connectivity index (χ2v) is 10.3. The van der Waals surface area contributed by atoms with E-state index in [0.29, 0.717) is 11.4 Å². The average Bonchev–Trinajstić information content (AvgIpc) is 2.59. The van der Waals surface area contributed by atoms with Crippen molar-refractivity contribution in [1.82, 2.24) is 4.90 Å². The van der Waals surface area contributed by atoms with Crippen molar-refractivity contribution in [2.24, 2.45) is 0 Å². The van der Waals surface area contributed by atoms with E-state index in [1.165, 1.54) is 6.26 Å². The fourth-order valence-electron chi connectivity index (χ4n) is 2.45. The van der Waals surface area contributed by atoms with Gasteiger partial charge in [0, 0.05) is 18.8 Å². The Bertz CT molecular complexity index is 905. The third-order valence-corrected chi connectivity index (χ3v) is 7.11. The molecule has 0 amide bonds. The van der Waals surface area contributed by atoms with Crippen LogP contribution in [-0.2, 0) is 19.7 Å². The fraction of sp³-hybridized carbons (Fsp3) is 0.333. The first-order valence-corrected chi connectivity index (χ1v) is 11.4. The summed E-state index contributed by atoms with van der Waals surface area (Å²) in [5.41, 5.74) is 0.937. The van der Waals surface area contributed by atoms with E-state index < -0.39 is 19.7 Å². The van der Waals surface area contributed by atoms with Crippen LogP contribution >= 0.6 is 0 Å². The predicted molar refractivity (Wildman–Crippen MR) is 99.1 cm³/mol. The quantitative estimate of drug-likeness (QED) is 0.737. The van der Waals surface area contributed by atoms with Crippen LogP contribution in [0.4, 0.5) is 0 Å². The SMILES string of the molecule is CC(c1ccc(S(C)(=O)=O)cc1)N(C)CCS(=O)(=O)c1ccccc1. The lowest BCUT2D eigenvalue weighted by Gasteiger charge is -2.25. The lowest BCUT2D eigenvalue weighted by atomic mass is 10.1. The van der Waals surface area contributed by atoms with Gasteiger partial charge in [-0.2, -0.15) is 0 Å². The predicted octanol–water partition coefficient (Wildman–Crippen LogP) is 2.56. The number of hydrogen-bond acceptors (Lipinski definition) is 5. The second-order valence-electron chi connectivity index (χ2n) is 6.13. The lowest BCUT2D eigenvalue weighted by molar-refractivity contribution is 0.276. The molecule has 0 heterocycles. The standard InChI is InChI=1S/C18H23NO4S2/c1-15(16-9-11-17(12-10-16)24(3,20)21)19(2)13-14-25(22,23)18-7-5-4-6-8-18/h4-12,15H,13-14H2,1-3H3. The van der Waals surface area contributed by atoms with Crippen molar-refractivity contribution in [3.8, 4) is 0 Å². The van der Waals surface area contributed by atoms with Crippen LogP contribution in [0.15, 0.2) is 64.4 Å². The summed E-state index contributed by atoms with van der Waals surface area (Å²) in [6.07, 6.45) is 1.17. The zero-order valence-electron chi connectivity index (χ0n) is 14.6. The molecule has 0 aromatic heterocycles. The minimum atomic E-state index is -3.32. The molecule has 0 bridgehead atoms. The molecule has 0 aliphatic heterocycles. The molecule has 0 aliphatic rings. The Morgan fingerprint density at radius 3 is 1.96 bits per heavy atom. The van der Waals surface area contributed by atoms with Gasteiger partial charge in [0.05, 0.1) is 15.5 Å². The van der Waals surface area contributed by atoms with Crippen LogP contribution < -0.4 is 0 Å². The monoisotopic (exact) mass is 381 g/mol. The van der Waals surface area contributed by atoms with Gasteiger partial charge in [0.2, 0.25) is 0 Å². The molecule has 25 heavy (non-hydrogen) atoms. The second kappa shape index (κ2) is 7.68. The van der Waals surface area contributed by atoms with Gasteiger partial charge in [0.25, 0.3) is 0 Å². The van der Waals surface area contributed by atoms with Crippen molar-refractivity contribution in [3.63, 3.8) is 0 Å². The summed E-state index contributed by atoms with van der Waals surface area (Å²) in [7, 11) is -4.68. The fourth-order valence-corrected chi connectivity index (χ4v) is 4.42. The molecule has 1 unspecified atom stereocenters. The topological polar surface area (TPSA) is 71.5 Å². The minimum absolute atomic E-state index is 0.0271. The molecule has 0 spiro atoms. The highest BCUT2D eigenvalue weighted by molar-refractivity contribution is 7.91. The van der Waals surface area contributed by atoms with Crippen LogP contribution in [0, 0.1) is 0 Å². The summed E-state index contributed by atoms with van der Waals surface area (Å²) in [6, 6.07) is 15.1. The highest BCUT2D eigenvalue weighted by Crippen LogP contribution is 2.21. The van der Waals surface area contributed by atoms with Gasteiger partial charge in [-0.1, -0.05) is 30.3 Å². The summed E-state index contributed by atoms with van der Waals surface area (Å²) in [4.78, 5) is 2.54. The number of sulfone groups is 2. The van der Waals surface area contributed by atoms with Crippen molar-refractivity contribution in [3.05, 3.63) is 60.2 Å². The van der Waals surface area contributed by atoms with E-state index in [9.17, 15) is 16.8 Å². The first-order valence-electron chi connectivity index (χ1n) is 7.89. The summed E-state index contributed by atoms with van der Waals surface area (Å²) in [5, 5.41) is 0. The first kappa shape index (κ1) is 19.6. The number of rotatable bonds is 7. The van der Waals surface area contributed by atoms with Crippen LogP contribution in [0.25, 0.3) is 0 Å². The van der Waals surface area contributed by atoms with Gasteiger partial charge in [-0.05, 0) is 43.8 Å². The number of hydrogen-bond donors (Lipinski definition) is 0. The van der Waals surface area contributed by atoms with Gasteiger partial charge in [0.1, 0.15) is 0 Å². The van der Waals surface area contributed by atoms with Crippen molar-refractivity contribution in [2.75, 3.05) is 25.6 Å². The van der Waals surface area contributed by atoms with Crippen LogP contribution in [0.1, 0.15) is 18.5 Å². The Morgan fingerprint density at radius 1 is 0.880 bits per heavy atom. The maximum Gasteiger partial charge on any atom is 0.179 e. The summed E-state index contributed by atoms with van der Waals surface area (Å²) in [5.74, 6) is 0.0271. The van der Waals surface area contributed by atoms with Crippen molar-refractivity contribution >= 4 is 19.7 Å². The van der Waals surface area contributed by atoms with E-state index in [0.717, 1.165) is 5.56 Å². The maximum absolute atomic E-state index is 12.4. The van der Waals surface area contributed by atoms with Crippen molar-refractivity contribution in [2.45, 2.75) is 22.8 Å². The molecule has 5 nitrogen and oxygen atoms in total. The van der Waals surface area contributed by atoms with E-state index in [1.54, 1.807) is 54.6 Å². The van der Waals surface area contributed by atoms with Gasteiger partial charge in [-0.15, -0.1) is 0 Å². The van der Waals surface area contributed by atoms with Crippen LogP contribution in [0.2, 0.25) is 0 Å². The van der Waals surface area contributed by atoms with E-state index in [4.69, 9.17) is 0 Å². The summed E-state index contributed by atoms with van der Waals surface area (Å²) in [6.45, 7) is 2.34. The Labute approximate surface area is 150 Å². The highest BCUT2D eigenvalue weighted by atomic mass is 32.2. The van der Waals surface area contributed by atoms with Gasteiger partial charge in [0.15, 0.2) is 19.7 Å². The van der Waals surface area contributed by atoms with Gasteiger partial charge < -0.3 is 0 Å². The molecule has 2 aromatic carbocycles. The highest BCUT2D eigenvalue weighted by Gasteiger charge is 2.18. The first-order chi connectivity index (χ1) is 11.6. The molecule has 2 aromatic rings. The molecule has 0 radical (unpaired) electrons. The third-order valence-electron chi connectivity index (χ3n) is 4.27. The van der Waals surface area contributed by atoms with Crippen LogP contribution in [0.5, 0.6) is 0 Å². The number of benzene rings is 2. The lowest BCUT2D eigenvalue weighted by Crippen LogP contribution is -2.28. The zero-order chi connectivity index (χ0) is 18.7. The molecule has 0 aliphatic carbocycles. The van der Waals surface area contributed by atoms with E-state index >= 15 is 0 Å². The largest absolute Gasteiger partial charge is 0.299 e. The van der Waals surface area contributed by atoms with Gasteiger partial charge in [-0.25, -0.2) is 16.8 Å². The molecular formula is C18H23NO4S2. The maximum atomic E-state index is 12.4. The summed E-state index contributed by atoms with van der Waals surface area (Å²) >= 11 is 0. The molecule has 2 rings (SSSR count). The van der Waals surface area contributed by atoms with Crippen LogP contribution in [-0.4, -0.2) is 47.3 Å². The minimum Gasteiger partial charge on any atom is -0.299 e. The average molecular weight is 382 g/mol. The van der Waals surface area contributed by atoms with E-state index in [1.807, 2.05) is 18.9 Å². The molecular weight excluding hydrogens is 358 g/mol. The smallest absolute Gasteiger partial charge is 0.179 e. The Hall–Kier alpha value is -1.70. The Morgan fingerprint density at radius 2 is 1.44 bits per heavy atom. The Kier molecular flexibility index (Phi) is 6.03. The molecule has 136 valence electrons. The molecule has 0 fully saturated rings. The molecule has 0 saturated carbocycles. The van der Waals surface area contributed by atoms with E-state index in [2.05, 4.69) is 0 Å². The normalized spacial score (nSPS) is 13.8. The van der Waals surface area contributed by atoms with Crippen LogP contribution in [0.3, 0.4) is 0 Å². The zero-order valence-corrected chi connectivity index (χ0v) is 16.2. The molecule has 1 atom stereocenters. The van der Waals surface area contributed by atoms with E-state index in [-0.39, 0.29) is 16.7 Å². The van der Waals surface area contributed by atoms with Gasteiger partial charge >= 0.3 is 0 Å². The third kappa shape index (κ3) is 5.14. The van der Waals surface area contributed by atoms with Gasteiger partial charge in [-0.3, -0.25) is 4.90 Å². The van der Waals surface area contributed by atoms with Crippen molar-refractivity contribution < 1.29 is 16.8 Å².